The molecule has 0 bridgehead atoms. The SMILES string of the molecule is CC(C)(c1ccccc1)c1ccc(N)c(O)c1. The number of nitrogens with two attached hydrogens (primary N) is 1. The van der Waals surface area contributed by atoms with Crippen LogP contribution in [0.1, 0.15) is 25.0 Å². The minimum atomic E-state index is -0.146. The monoisotopic (exact) mass is 227 g/mol. The molecule has 0 unspecified atom stereocenters. The van der Waals surface area contributed by atoms with Gasteiger partial charge in [-0.3, -0.25) is 0 Å². The van der Waals surface area contributed by atoms with Gasteiger partial charge in [0.05, 0.1) is 5.69 Å². The van der Waals surface area contributed by atoms with Crippen LogP contribution in [0.15, 0.2) is 48.5 Å². The molecule has 0 aliphatic carbocycles. The van der Waals surface area contributed by atoms with Gasteiger partial charge < -0.3 is 10.8 Å². The summed E-state index contributed by atoms with van der Waals surface area (Å²) in [5, 5.41) is 9.69. The molecule has 0 saturated heterocycles. The topological polar surface area (TPSA) is 46.2 Å². The lowest BCUT2D eigenvalue weighted by Gasteiger charge is -2.26. The Kier molecular flexibility index (Phi) is 2.80. The van der Waals surface area contributed by atoms with Crippen molar-refractivity contribution in [2.75, 3.05) is 5.73 Å². The smallest absolute Gasteiger partial charge is 0.138 e. The molecule has 17 heavy (non-hydrogen) atoms. The Morgan fingerprint density at radius 2 is 1.59 bits per heavy atom. The van der Waals surface area contributed by atoms with Crippen molar-refractivity contribution in [1.82, 2.24) is 0 Å². The molecule has 0 radical (unpaired) electrons. The van der Waals surface area contributed by atoms with Gasteiger partial charge in [0.2, 0.25) is 0 Å². The van der Waals surface area contributed by atoms with Crippen LogP contribution in [0.25, 0.3) is 0 Å². The van der Waals surface area contributed by atoms with Crippen LogP contribution in [0.5, 0.6) is 5.75 Å². The molecule has 0 heterocycles. The highest BCUT2D eigenvalue weighted by Crippen LogP contribution is 2.34. The second-order valence-electron chi connectivity index (χ2n) is 4.76. The number of phenols is 1. The van der Waals surface area contributed by atoms with Crippen molar-refractivity contribution in [3.8, 4) is 5.75 Å². The third kappa shape index (κ3) is 2.11. The zero-order valence-corrected chi connectivity index (χ0v) is 10.1. The van der Waals surface area contributed by atoms with Crippen molar-refractivity contribution >= 4 is 5.69 Å². The predicted octanol–water partition coefficient (Wildman–Crippen LogP) is 3.30. The van der Waals surface area contributed by atoms with Crippen LogP contribution in [0, 0.1) is 0 Å². The van der Waals surface area contributed by atoms with Crippen LogP contribution in [-0.4, -0.2) is 5.11 Å². The number of phenolic OH excluding ortho intramolecular Hbond substituents is 1. The van der Waals surface area contributed by atoms with E-state index in [9.17, 15) is 5.11 Å². The van der Waals surface area contributed by atoms with Crippen LogP contribution in [0.2, 0.25) is 0 Å². The molecule has 0 aromatic heterocycles. The normalized spacial score (nSPS) is 11.4. The summed E-state index contributed by atoms with van der Waals surface area (Å²) in [5.74, 6) is 0.145. The van der Waals surface area contributed by atoms with E-state index >= 15 is 0 Å². The number of hydrogen-bond acceptors (Lipinski definition) is 2. The Morgan fingerprint density at radius 3 is 2.18 bits per heavy atom. The van der Waals surface area contributed by atoms with Gasteiger partial charge in [-0.2, -0.15) is 0 Å². The first-order valence-electron chi connectivity index (χ1n) is 5.66. The highest BCUT2D eigenvalue weighted by molar-refractivity contribution is 5.55. The molecule has 2 rings (SSSR count). The fraction of sp³-hybridized carbons (Fsp3) is 0.200. The molecule has 2 aromatic carbocycles. The highest BCUT2D eigenvalue weighted by Gasteiger charge is 2.23. The quantitative estimate of drug-likeness (QED) is 0.610. The number of nitrogen functional groups attached to an aromatic ring is 1. The molecular weight excluding hydrogens is 210 g/mol. The summed E-state index contributed by atoms with van der Waals surface area (Å²) in [6.07, 6.45) is 0. The lowest BCUT2D eigenvalue weighted by Crippen LogP contribution is -2.18. The molecule has 2 heteroatoms. The second-order valence-corrected chi connectivity index (χ2v) is 4.76. The van der Waals surface area contributed by atoms with Gasteiger partial charge in [-0.05, 0) is 23.3 Å². The van der Waals surface area contributed by atoms with Crippen molar-refractivity contribution in [3.63, 3.8) is 0 Å². The molecule has 0 aliphatic rings. The number of aromatic hydroxyl groups is 1. The van der Waals surface area contributed by atoms with E-state index in [4.69, 9.17) is 5.73 Å². The van der Waals surface area contributed by atoms with Crippen molar-refractivity contribution in [2.24, 2.45) is 0 Å². The lowest BCUT2D eigenvalue weighted by atomic mass is 9.78. The van der Waals surface area contributed by atoms with Gasteiger partial charge in [0.25, 0.3) is 0 Å². The van der Waals surface area contributed by atoms with E-state index in [-0.39, 0.29) is 11.2 Å². The summed E-state index contributed by atoms with van der Waals surface area (Å²) >= 11 is 0. The van der Waals surface area contributed by atoms with Gasteiger partial charge in [0, 0.05) is 5.41 Å². The van der Waals surface area contributed by atoms with Crippen LogP contribution >= 0.6 is 0 Å². The molecule has 3 N–H and O–H groups in total. The van der Waals surface area contributed by atoms with Gasteiger partial charge in [0.1, 0.15) is 5.75 Å². The predicted molar refractivity (Wildman–Crippen MR) is 71.1 cm³/mol. The molecular formula is C15H17NO. The molecule has 0 atom stereocenters. The molecule has 0 fully saturated rings. The van der Waals surface area contributed by atoms with E-state index in [1.165, 1.54) is 5.56 Å². The van der Waals surface area contributed by atoms with Crippen molar-refractivity contribution < 1.29 is 5.11 Å². The number of rotatable bonds is 2. The van der Waals surface area contributed by atoms with E-state index in [1.807, 2.05) is 24.3 Å². The molecule has 0 saturated carbocycles. The summed E-state index contributed by atoms with van der Waals surface area (Å²) in [4.78, 5) is 0. The lowest BCUT2D eigenvalue weighted by molar-refractivity contribution is 0.475. The fourth-order valence-electron chi connectivity index (χ4n) is 1.95. The Hall–Kier alpha value is -1.96. The zero-order valence-electron chi connectivity index (χ0n) is 10.1. The Labute approximate surface area is 102 Å². The maximum absolute atomic E-state index is 9.69. The zero-order chi connectivity index (χ0) is 12.5. The minimum Gasteiger partial charge on any atom is -0.506 e. The van der Waals surface area contributed by atoms with E-state index in [0.717, 1.165) is 5.56 Å². The van der Waals surface area contributed by atoms with Gasteiger partial charge in [0.15, 0.2) is 0 Å². The minimum absolute atomic E-state index is 0.145. The second kappa shape index (κ2) is 4.13. The van der Waals surface area contributed by atoms with E-state index in [1.54, 1.807) is 12.1 Å². The third-order valence-electron chi connectivity index (χ3n) is 3.25. The molecule has 2 aromatic rings. The summed E-state index contributed by atoms with van der Waals surface area (Å²) in [5.41, 5.74) is 8.15. The summed E-state index contributed by atoms with van der Waals surface area (Å²) < 4.78 is 0. The first kappa shape index (κ1) is 11.5. The summed E-state index contributed by atoms with van der Waals surface area (Å²) in [6, 6.07) is 15.7. The van der Waals surface area contributed by atoms with E-state index < -0.39 is 0 Å². The van der Waals surface area contributed by atoms with E-state index in [0.29, 0.717) is 5.69 Å². The molecule has 0 aliphatic heterocycles. The van der Waals surface area contributed by atoms with Gasteiger partial charge in [-0.25, -0.2) is 0 Å². The third-order valence-corrected chi connectivity index (χ3v) is 3.25. The standard InChI is InChI=1S/C15H17NO/c1-15(2,11-6-4-3-5-7-11)12-8-9-13(16)14(17)10-12/h3-10,17H,16H2,1-2H3. The van der Waals surface area contributed by atoms with Crippen molar-refractivity contribution in [1.29, 1.82) is 0 Å². The average molecular weight is 227 g/mol. The summed E-state index contributed by atoms with van der Waals surface area (Å²) in [7, 11) is 0. The Bertz CT molecular complexity index is 518. The highest BCUT2D eigenvalue weighted by atomic mass is 16.3. The van der Waals surface area contributed by atoms with Crippen LogP contribution in [-0.2, 0) is 5.41 Å². The van der Waals surface area contributed by atoms with Crippen LogP contribution < -0.4 is 5.73 Å². The number of anilines is 1. The van der Waals surface area contributed by atoms with Crippen molar-refractivity contribution in [3.05, 3.63) is 59.7 Å². The van der Waals surface area contributed by atoms with E-state index in [2.05, 4.69) is 26.0 Å². The van der Waals surface area contributed by atoms with Gasteiger partial charge >= 0.3 is 0 Å². The van der Waals surface area contributed by atoms with Crippen LogP contribution in [0.4, 0.5) is 5.69 Å². The number of hydrogen-bond donors (Lipinski definition) is 2. The van der Waals surface area contributed by atoms with Gasteiger partial charge in [-0.15, -0.1) is 0 Å². The molecule has 0 amide bonds. The summed E-state index contributed by atoms with van der Waals surface area (Å²) in [6.45, 7) is 4.26. The fourth-order valence-corrected chi connectivity index (χ4v) is 1.95. The van der Waals surface area contributed by atoms with Gasteiger partial charge in [-0.1, -0.05) is 50.2 Å². The van der Waals surface area contributed by atoms with Crippen LogP contribution in [0.3, 0.4) is 0 Å². The average Bonchev–Trinajstić information content (AvgIpc) is 2.33. The Balaban J connectivity index is 2.48. The number of benzene rings is 2. The molecule has 0 spiro atoms. The maximum atomic E-state index is 9.69. The maximum Gasteiger partial charge on any atom is 0.138 e. The Morgan fingerprint density at radius 1 is 0.941 bits per heavy atom. The molecule has 88 valence electrons. The largest absolute Gasteiger partial charge is 0.506 e. The first-order valence-corrected chi connectivity index (χ1v) is 5.66. The first-order chi connectivity index (χ1) is 8.01. The molecule has 2 nitrogen and oxygen atoms in total. The van der Waals surface area contributed by atoms with Crippen molar-refractivity contribution in [2.45, 2.75) is 19.3 Å².